The molecule has 0 aliphatic carbocycles. The molecule has 20 heavy (non-hydrogen) atoms. The van der Waals surface area contributed by atoms with Crippen LogP contribution in [0, 0.1) is 6.92 Å². The van der Waals surface area contributed by atoms with Crippen molar-refractivity contribution in [2.75, 3.05) is 14.2 Å². The van der Waals surface area contributed by atoms with Crippen LogP contribution in [0.3, 0.4) is 0 Å². The zero-order chi connectivity index (χ0) is 14.1. The van der Waals surface area contributed by atoms with Gasteiger partial charge in [-0.15, -0.1) is 0 Å². The van der Waals surface area contributed by atoms with Crippen molar-refractivity contribution >= 4 is 5.52 Å². The number of ether oxygens (including phenoxy) is 2. The van der Waals surface area contributed by atoms with Crippen molar-refractivity contribution in [2.45, 2.75) is 6.92 Å². The Balaban J connectivity index is 2.12. The van der Waals surface area contributed by atoms with Crippen LogP contribution in [0.25, 0.3) is 16.6 Å². The maximum Gasteiger partial charge on any atom is 0.161 e. The highest BCUT2D eigenvalue weighted by Crippen LogP contribution is 2.32. The molecular weight excluding hydrogens is 252 g/mol. The molecule has 3 rings (SSSR count). The summed E-state index contributed by atoms with van der Waals surface area (Å²) in [4.78, 5) is 4.31. The Morgan fingerprint density at radius 1 is 0.950 bits per heavy atom. The molecule has 2 aromatic heterocycles. The topological polar surface area (TPSA) is 35.8 Å². The number of imidazole rings is 1. The maximum atomic E-state index is 5.35. The first-order chi connectivity index (χ1) is 9.72. The molecule has 3 aromatic rings. The van der Waals surface area contributed by atoms with Gasteiger partial charge in [0.15, 0.2) is 11.5 Å². The molecule has 0 saturated carbocycles. The van der Waals surface area contributed by atoms with Gasteiger partial charge in [-0.2, -0.15) is 0 Å². The molecule has 4 heteroatoms. The molecule has 0 bridgehead atoms. The standard InChI is InChI=1S/C16H16N2O2/c1-11-17-9-14-6-4-13(10-18(11)14)12-5-7-15(19-2)16(8-12)20-3/h4-10H,1-3H3. The van der Waals surface area contributed by atoms with E-state index in [1.807, 2.05) is 31.3 Å². The third-order valence-electron chi connectivity index (χ3n) is 3.43. The fraction of sp³-hybridized carbons (Fsp3) is 0.188. The van der Waals surface area contributed by atoms with E-state index in [-0.39, 0.29) is 0 Å². The highest BCUT2D eigenvalue weighted by atomic mass is 16.5. The molecule has 0 amide bonds. The summed E-state index contributed by atoms with van der Waals surface area (Å²) in [7, 11) is 3.28. The number of hydrogen-bond acceptors (Lipinski definition) is 3. The number of rotatable bonds is 3. The number of nitrogens with zero attached hydrogens (tertiary/aromatic N) is 2. The molecule has 0 unspecified atom stereocenters. The minimum atomic E-state index is 0.729. The van der Waals surface area contributed by atoms with Gasteiger partial charge in [-0.05, 0) is 36.2 Å². The number of aromatic nitrogens is 2. The average Bonchev–Trinajstić information content (AvgIpc) is 2.87. The number of aryl methyl sites for hydroxylation is 1. The Hall–Kier alpha value is -2.49. The van der Waals surface area contributed by atoms with E-state index in [2.05, 4.69) is 27.7 Å². The zero-order valence-corrected chi connectivity index (χ0v) is 11.8. The predicted octanol–water partition coefficient (Wildman–Crippen LogP) is 3.33. The van der Waals surface area contributed by atoms with Crippen LogP contribution in [-0.4, -0.2) is 23.6 Å². The summed E-state index contributed by atoms with van der Waals surface area (Å²) in [6.07, 6.45) is 3.95. The fourth-order valence-corrected chi connectivity index (χ4v) is 2.31. The van der Waals surface area contributed by atoms with Gasteiger partial charge in [0.25, 0.3) is 0 Å². The third-order valence-corrected chi connectivity index (χ3v) is 3.43. The second-order valence-electron chi connectivity index (χ2n) is 4.59. The summed E-state index contributed by atoms with van der Waals surface area (Å²) in [5.74, 6) is 2.44. The molecule has 0 N–H and O–H groups in total. The van der Waals surface area contributed by atoms with E-state index in [9.17, 15) is 0 Å². The Bertz CT molecular complexity index is 762. The second-order valence-corrected chi connectivity index (χ2v) is 4.59. The summed E-state index contributed by atoms with van der Waals surface area (Å²) in [5, 5.41) is 0. The van der Waals surface area contributed by atoms with E-state index >= 15 is 0 Å². The van der Waals surface area contributed by atoms with Gasteiger partial charge in [0.1, 0.15) is 5.82 Å². The third kappa shape index (κ3) is 1.99. The average molecular weight is 268 g/mol. The molecule has 0 atom stereocenters. The normalized spacial score (nSPS) is 10.8. The molecule has 0 spiro atoms. The number of methoxy groups -OCH3 is 2. The van der Waals surface area contributed by atoms with Crippen LogP contribution >= 0.6 is 0 Å². The lowest BCUT2D eigenvalue weighted by atomic mass is 10.1. The Morgan fingerprint density at radius 3 is 2.45 bits per heavy atom. The number of benzene rings is 1. The maximum absolute atomic E-state index is 5.35. The summed E-state index contributed by atoms with van der Waals surface area (Å²) in [5.41, 5.74) is 3.28. The number of pyridine rings is 1. The first kappa shape index (κ1) is 12.5. The minimum absolute atomic E-state index is 0.729. The summed E-state index contributed by atoms with van der Waals surface area (Å²) in [6.45, 7) is 1.99. The zero-order valence-electron chi connectivity index (χ0n) is 11.8. The minimum Gasteiger partial charge on any atom is -0.493 e. The van der Waals surface area contributed by atoms with Crippen molar-refractivity contribution in [3.63, 3.8) is 0 Å². The number of hydrogen-bond donors (Lipinski definition) is 0. The quantitative estimate of drug-likeness (QED) is 0.731. The van der Waals surface area contributed by atoms with Crippen LogP contribution in [-0.2, 0) is 0 Å². The molecule has 0 aliphatic heterocycles. The smallest absolute Gasteiger partial charge is 0.161 e. The summed E-state index contributed by atoms with van der Waals surface area (Å²) >= 11 is 0. The number of fused-ring (bicyclic) bond motifs is 1. The Morgan fingerprint density at radius 2 is 1.70 bits per heavy atom. The Kier molecular flexibility index (Phi) is 3.06. The molecule has 0 saturated heterocycles. The van der Waals surface area contributed by atoms with E-state index < -0.39 is 0 Å². The van der Waals surface area contributed by atoms with Gasteiger partial charge in [-0.25, -0.2) is 4.98 Å². The van der Waals surface area contributed by atoms with Gasteiger partial charge in [0.2, 0.25) is 0 Å². The second kappa shape index (κ2) is 4.89. The monoisotopic (exact) mass is 268 g/mol. The van der Waals surface area contributed by atoms with Crippen LogP contribution in [0.2, 0.25) is 0 Å². The molecule has 0 fully saturated rings. The van der Waals surface area contributed by atoms with Crippen molar-refractivity contribution in [3.8, 4) is 22.6 Å². The lowest BCUT2D eigenvalue weighted by Crippen LogP contribution is -1.92. The fourth-order valence-electron chi connectivity index (χ4n) is 2.31. The SMILES string of the molecule is COc1ccc(-c2ccc3cnc(C)n3c2)cc1OC. The van der Waals surface area contributed by atoms with Crippen LogP contribution in [0.15, 0.2) is 42.7 Å². The van der Waals surface area contributed by atoms with Gasteiger partial charge in [-0.1, -0.05) is 12.1 Å². The van der Waals surface area contributed by atoms with Crippen LogP contribution in [0.5, 0.6) is 11.5 Å². The van der Waals surface area contributed by atoms with Crippen LogP contribution in [0.4, 0.5) is 0 Å². The van der Waals surface area contributed by atoms with Crippen LogP contribution < -0.4 is 9.47 Å². The lowest BCUT2D eigenvalue weighted by molar-refractivity contribution is 0.355. The van der Waals surface area contributed by atoms with Crippen molar-refractivity contribution < 1.29 is 9.47 Å². The van der Waals surface area contributed by atoms with Crippen molar-refractivity contribution in [1.29, 1.82) is 0 Å². The van der Waals surface area contributed by atoms with Gasteiger partial charge in [0.05, 0.1) is 25.9 Å². The van der Waals surface area contributed by atoms with Gasteiger partial charge >= 0.3 is 0 Å². The largest absolute Gasteiger partial charge is 0.493 e. The van der Waals surface area contributed by atoms with E-state index in [4.69, 9.17) is 9.47 Å². The van der Waals surface area contributed by atoms with E-state index in [0.717, 1.165) is 34.0 Å². The molecule has 1 aromatic carbocycles. The van der Waals surface area contributed by atoms with Gasteiger partial charge in [0, 0.05) is 6.20 Å². The molecule has 0 radical (unpaired) electrons. The molecule has 4 nitrogen and oxygen atoms in total. The molecule has 0 aliphatic rings. The lowest BCUT2D eigenvalue weighted by Gasteiger charge is -2.10. The van der Waals surface area contributed by atoms with E-state index in [1.165, 1.54) is 0 Å². The Labute approximate surface area is 117 Å². The van der Waals surface area contributed by atoms with E-state index in [1.54, 1.807) is 14.2 Å². The highest BCUT2D eigenvalue weighted by molar-refractivity contribution is 5.68. The first-order valence-electron chi connectivity index (χ1n) is 6.39. The molecule has 2 heterocycles. The molecular formula is C16H16N2O2. The molecule has 102 valence electrons. The summed E-state index contributed by atoms with van der Waals surface area (Å²) in [6, 6.07) is 10.1. The predicted molar refractivity (Wildman–Crippen MR) is 78.5 cm³/mol. The first-order valence-corrected chi connectivity index (χ1v) is 6.39. The highest BCUT2D eigenvalue weighted by Gasteiger charge is 2.07. The van der Waals surface area contributed by atoms with E-state index in [0.29, 0.717) is 0 Å². The van der Waals surface area contributed by atoms with Crippen molar-refractivity contribution in [2.24, 2.45) is 0 Å². The van der Waals surface area contributed by atoms with Gasteiger partial charge < -0.3 is 13.9 Å². The summed E-state index contributed by atoms with van der Waals surface area (Å²) < 4.78 is 12.7. The van der Waals surface area contributed by atoms with Crippen molar-refractivity contribution in [1.82, 2.24) is 9.38 Å². The van der Waals surface area contributed by atoms with Crippen molar-refractivity contribution in [3.05, 3.63) is 48.5 Å². The van der Waals surface area contributed by atoms with Gasteiger partial charge in [-0.3, -0.25) is 0 Å². The van der Waals surface area contributed by atoms with Crippen LogP contribution in [0.1, 0.15) is 5.82 Å².